The molecule has 8 heteroatoms. The Hall–Kier alpha value is -1.90. The highest BCUT2D eigenvalue weighted by Crippen LogP contribution is 2.89. The Morgan fingerprint density at radius 3 is 2.78 bits per heavy atom. The maximum atomic E-state index is 13.4. The number of aliphatic hydroxyl groups is 2. The van der Waals surface area contributed by atoms with Gasteiger partial charge in [0, 0.05) is 41.2 Å². The van der Waals surface area contributed by atoms with Gasteiger partial charge in [0.25, 0.3) is 0 Å². The molecule has 5 nitrogen and oxygen atoms in total. The maximum absolute atomic E-state index is 13.4. The number of carbonyl (C=O) groups excluding carboxylic acids is 1. The van der Waals surface area contributed by atoms with Gasteiger partial charge in [0.1, 0.15) is 11.8 Å². The third kappa shape index (κ3) is 2.05. The number of benzene rings is 1. The average Bonchev–Trinajstić information content (AvgIpc) is 3.18. The number of halogens is 3. The third-order valence-electron chi connectivity index (χ3n) is 12.0. The van der Waals surface area contributed by atoms with E-state index < -0.39 is 41.1 Å². The molecule has 3 heterocycles. The van der Waals surface area contributed by atoms with Crippen LogP contribution in [0.1, 0.15) is 54.9 Å². The first-order valence-corrected chi connectivity index (χ1v) is 13.1. The fourth-order valence-corrected chi connectivity index (χ4v) is 11.7. The smallest absolute Gasteiger partial charge is 0.416 e. The molecule has 0 amide bonds. The first-order valence-electron chi connectivity index (χ1n) is 13.1. The van der Waals surface area contributed by atoms with Crippen LogP contribution in [0.4, 0.5) is 13.2 Å². The molecule has 9 fully saturated rings. The molecule has 0 radical (unpaired) electrons. The summed E-state index contributed by atoms with van der Waals surface area (Å²) in [7, 11) is 0. The summed E-state index contributed by atoms with van der Waals surface area (Å²) < 4.78 is 46.1. The summed E-state index contributed by atoms with van der Waals surface area (Å²) in [5.74, 6) is -0.878. The lowest BCUT2D eigenvalue weighted by molar-refractivity contribution is -0.271. The van der Waals surface area contributed by atoms with E-state index >= 15 is 0 Å². The average molecular weight is 502 g/mol. The van der Waals surface area contributed by atoms with E-state index in [-0.39, 0.29) is 46.1 Å². The van der Waals surface area contributed by atoms with Crippen LogP contribution < -0.4 is 0 Å². The lowest BCUT2D eigenvalue weighted by atomic mass is 9.39. The van der Waals surface area contributed by atoms with E-state index in [2.05, 4.69) is 18.4 Å². The van der Waals surface area contributed by atoms with Crippen molar-refractivity contribution in [2.45, 2.75) is 69.2 Å². The van der Waals surface area contributed by atoms with Crippen LogP contribution >= 0.6 is 0 Å². The fraction of sp³-hybridized carbons (Fsp3) is 0.679. The Morgan fingerprint density at radius 2 is 2.03 bits per heavy atom. The molecule has 9 bridgehead atoms. The molecule has 2 unspecified atom stereocenters. The molecule has 10 rings (SSSR count). The molecule has 1 aromatic rings. The molecule has 12 atom stereocenters. The normalized spacial score (nSPS) is 54.9. The first kappa shape index (κ1) is 22.1. The Bertz CT molecular complexity index is 1250. The summed E-state index contributed by atoms with van der Waals surface area (Å²) in [6.45, 7) is 7.35. The number of aliphatic hydroxyl groups excluding tert-OH is 1. The van der Waals surface area contributed by atoms with Crippen molar-refractivity contribution in [2.24, 2.45) is 39.9 Å². The van der Waals surface area contributed by atoms with Gasteiger partial charge in [0.05, 0.1) is 17.2 Å². The minimum atomic E-state index is -4.55. The Morgan fingerprint density at radius 1 is 1.25 bits per heavy atom. The van der Waals surface area contributed by atoms with Crippen LogP contribution in [0.3, 0.4) is 0 Å². The molecular formula is C28H30F3NO4. The third-order valence-corrected chi connectivity index (χ3v) is 12.0. The number of hydrogen-bond acceptors (Lipinski definition) is 5. The number of ether oxygens (including phenoxy) is 1. The highest BCUT2D eigenvalue weighted by atomic mass is 19.4. The van der Waals surface area contributed by atoms with Crippen LogP contribution in [-0.4, -0.2) is 51.6 Å². The first-order chi connectivity index (χ1) is 16.9. The van der Waals surface area contributed by atoms with Crippen molar-refractivity contribution in [3.8, 4) is 0 Å². The van der Waals surface area contributed by atoms with Crippen molar-refractivity contribution >= 4 is 5.97 Å². The number of carbonyl (C=O) groups is 1. The monoisotopic (exact) mass is 501 g/mol. The lowest BCUT2D eigenvalue weighted by Gasteiger charge is -2.67. The largest absolute Gasteiger partial charge is 0.458 e. The molecule has 2 N–H and O–H groups in total. The zero-order chi connectivity index (χ0) is 25.2. The predicted molar refractivity (Wildman–Crippen MR) is 121 cm³/mol. The van der Waals surface area contributed by atoms with Crippen molar-refractivity contribution in [3.63, 3.8) is 0 Å². The molecule has 0 aromatic heterocycles. The molecule has 36 heavy (non-hydrogen) atoms. The van der Waals surface area contributed by atoms with Crippen LogP contribution in [0.15, 0.2) is 36.4 Å². The standard InChI is InChI=1S/C28H30F3NO4/c1-13-16-10-17-20-25-8-4-7-24(2)12-32(20)27(35,23(24)25)11-26(17,21(13)33)19(25)18(16)36-22(34)14-5-3-6-15(9-14)28(29,30)31/h3,5-6,9,16-21,23,33,35H,1,4,7-8,10-12H2,2H3/t16-,17-,18+,19+,20?,21-,23-,24+,25+,26-,27+/m1/s1. The topological polar surface area (TPSA) is 70.0 Å². The second kappa shape index (κ2) is 6.05. The van der Waals surface area contributed by atoms with Crippen molar-refractivity contribution in [2.75, 3.05) is 6.54 Å². The van der Waals surface area contributed by atoms with Crippen LogP contribution in [0.2, 0.25) is 0 Å². The fourth-order valence-electron chi connectivity index (χ4n) is 11.7. The zero-order valence-electron chi connectivity index (χ0n) is 20.1. The van der Waals surface area contributed by atoms with Gasteiger partial charge in [-0.3, -0.25) is 4.90 Å². The summed E-state index contributed by atoms with van der Waals surface area (Å²) in [6, 6.07) is 4.54. The van der Waals surface area contributed by atoms with Crippen LogP contribution in [0.25, 0.3) is 0 Å². The molecule has 1 aromatic carbocycles. The molecular weight excluding hydrogens is 471 g/mol. The Kier molecular flexibility index (Phi) is 3.72. The van der Waals surface area contributed by atoms with Crippen molar-refractivity contribution in [3.05, 3.63) is 47.5 Å². The van der Waals surface area contributed by atoms with Crippen molar-refractivity contribution < 1.29 is 32.9 Å². The molecule has 6 saturated carbocycles. The number of nitrogens with zero attached hydrogens (tertiary/aromatic N) is 1. The van der Waals surface area contributed by atoms with Gasteiger partial charge in [-0.15, -0.1) is 0 Å². The van der Waals surface area contributed by atoms with Crippen molar-refractivity contribution in [1.82, 2.24) is 4.90 Å². The van der Waals surface area contributed by atoms with Gasteiger partial charge < -0.3 is 14.9 Å². The van der Waals surface area contributed by atoms with E-state index in [1.807, 2.05) is 0 Å². The highest BCUT2D eigenvalue weighted by Gasteiger charge is 2.93. The minimum Gasteiger partial charge on any atom is -0.458 e. The summed E-state index contributed by atoms with van der Waals surface area (Å²) in [5, 5.41) is 23.8. The summed E-state index contributed by atoms with van der Waals surface area (Å²) in [6.07, 6.45) is -1.71. The maximum Gasteiger partial charge on any atom is 0.416 e. The van der Waals surface area contributed by atoms with Gasteiger partial charge in [-0.2, -0.15) is 13.2 Å². The summed E-state index contributed by atoms with van der Waals surface area (Å²) in [5.41, 5.74) is -2.22. The highest BCUT2D eigenvalue weighted by molar-refractivity contribution is 5.89. The number of esters is 1. The Balaban J connectivity index is 1.25. The number of piperidine rings is 2. The quantitative estimate of drug-likeness (QED) is 0.474. The second-order valence-electron chi connectivity index (χ2n) is 13.1. The van der Waals surface area contributed by atoms with E-state index in [1.165, 1.54) is 12.1 Å². The molecule has 3 aliphatic heterocycles. The second-order valence-corrected chi connectivity index (χ2v) is 13.1. The zero-order valence-corrected chi connectivity index (χ0v) is 20.1. The van der Waals surface area contributed by atoms with E-state index in [4.69, 9.17) is 4.74 Å². The van der Waals surface area contributed by atoms with E-state index in [1.54, 1.807) is 0 Å². The van der Waals surface area contributed by atoms with Crippen LogP contribution in [-0.2, 0) is 10.9 Å². The lowest BCUT2D eigenvalue weighted by Crippen LogP contribution is -2.72. The van der Waals surface area contributed by atoms with E-state index in [0.717, 1.165) is 44.4 Å². The van der Waals surface area contributed by atoms with Crippen molar-refractivity contribution in [1.29, 1.82) is 0 Å². The minimum absolute atomic E-state index is 0.0284. The van der Waals surface area contributed by atoms with Gasteiger partial charge in [-0.1, -0.05) is 26.0 Å². The SMILES string of the molecule is C=C1[C@H]2C[C@@H]3C4N5C[C@]6(C)CCC[C@@]47[C@@H]6[C@@]5(O)C[C@]3([C@@H]1O)[C@H]7[C@H]2OC(=O)c1cccc(C(F)(F)F)c1. The Labute approximate surface area is 207 Å². The predicted octanol–water partition coefficient (Wildman–Crippen LogP) is 4.00. The van der Waals surface area contributed by atoms with Gasteiger partial charge in [0.2, 0.25) is 0 Å². The number of alkyl halides is 3. The van der Waals surface area contributed by atoms with Crippen LogP contribution in [0, 0.1) is 39.9 Å². The van der Waals surface area contributed by atoms with Gasteiger partial charge >= 0.3 is 12.1 Å². The molecule has 9 aliphatic rings. The van der Waals surface area contributed by atoms with E-state index in [0.29, 0.717) is 12.0 Å². The molecule has 192 valence electrons. The van der Waals surface area contributed by atoms with Crippen LogP contribution in [0.5, 0.6) is 0 Å². The summed E-state index contributed by atoms with van der Waals surface area (Å²) in [4.78, 5) is 15.7. The number of rotatable bonds is 2. The van der Waals surface area contributed by atoms with Gasteiger partial charge in [0.15, 0.2) is 0 Å². The molecule has 6 aliphatic carbocycles. The number of fused-ring (bicyclic) bond motifs is 1. The van der Waals surface area contributed by atoms with E-state index in [9.17, 15) is 28.2 Å². The summed E-state index contributed by atoms with van der Waals surface area (Å²) >= 11 is 0. The number of hydrogen-bond donors (Lipinski definition) is 2. The van der Waals surface area contributed by atoms with Gasteiger partial charge in [-0.25, -0.2) is 4.79 Å². The molecule has 3 saturated heterocycles. The van der Waals surface area contributed by atoms with Gasteiger partial charge in [-0.05, 0) is 60.8 Å². The molecule has 2 spiro atoms.